The van der Waals surface area contributed by atoms with Gasteiger partial charge in [0, 0.05) is 20.0 Å². The van der Waals surface area contributed by atoms with E-state index in [2.05, 4.69) is 19.2 Å². The van der Waals surface area contributed by atoms with Crippen LogP contribution in [0.2, 0.25) is 0 Å². The second kappa shape index (κ2) is 2.89. The van der Waals surface area contributed by atoms with Gasteiger partial charge in [-0.25, -0.2) is 0 Å². The number of quaternary nitrogens is 1. The number of nitrogens with two attached hydrogens (primary N) is 1. The summed E-state index contributed by atoms with van der Waals surface area (Å²) >= 11 is 0. The first kappa shape index (κ1) is 8.02. The summed E-state index contributed by atoms with van der Waals surface area (Å²) in [4.78, 5) is 0. The molecule has 1 atom stereocenters. The fraction of sp³-hybridized carbons (Fsp3) is 1.00. The van der Waals surface area contributed by atoms with E-state index in [4.69, 9.17) is 4.74 Å². The lowest BCUT2D eigenvalue weighted by atomic mass is 9.97. The number of ether oxygens (including phenoxy) is 1. The van der Waals surface area contributed by atoms with Gasteiger partial charge in [-0.1, -0.05) is 0 Å². The van der Waals surface area contributed by atoms with Gasteiger partial charge in [-0.15, -0.1) is 0 Å². The second-order valence-electron chi connectivity index (χ2n) is 3.58. The molecule has 0 aliphatic carbocycles. The Morgan fingerprint density at radius 3 is 2.60 bits per heavy atom. The molecule has 0 bridgehead atoms. The summed E-state index contributed by atoms with van der Waals surface area (Å²) in [5.74, 6) is 0. The van der Waals surface area contributed by atoms with Crippen LogP contribution in [0.25, 0.3) is 0 Å². The smallest absolute Gasteiger partial charge is 0.115 e. The molecule has 1 saturated heterocycles. The van der Waals surface area contributed by atoms with E-state index in [-0.39, 0.29) is 5.60 Å². The molecule has 0 spiro atoms. The lowest BCUT2D eigenvalue weighted by Crippen LogP contribution is -2.90. The number of methoxy groups -OCH3 is 1. The Labute approximate surface area is 63.0 Å². The Balaban J connectivity index is 2.45. The predicted molar refractivity (Wildman–Crippen MR) is 40.9 cm³/mol. The largest absolute Gasteiger partial charge is 0.373 e. The van der Waals surface area contributed by atoms with Crippen LogP contribution in [-0.2, 0) is 4.74 Å². The summed E-state index contributed by atoms with van der Waals surface area (Å²) in [6, 6.07) is 0.678. The number of hydrogen-bond acceptors (Lipinski definition) is 1. The molecule has 2 heteroatoms. The molecule has 0 saturated carbocycles. The van der Waals surface area contributed by atoms with Crippen LogP contribution in [0.3, 0.4) is 0 Å². The molecule has 1 aliphatic heterocycles. The third-order valence-corrected chi connectivity index (χ3v) is 2.59. The molecule has 0 aromatic carbocycles. The minimum atomic E-state index is 0.0660. The molecule has 10 heavy (non-hydrogen) atoms. The minimum Gasteiger partial charge on any atom is -0.373 e. The average molecular weight is 144 g/mol. The van der Waals surface area contributed by atoms with E-state index in [1.807, 2.05) is 0 Å². The van der Waals surface area contributed by atoms with Gasteiger partial charge in [0.2, 0.25) is 0 Å². The molecular weight excluding hydrogens is 126 g/mol. The van der Waals surface area contributed by atoms with Gasteiger partial charge in [-0.3, -0.25) is 0 Å². The van der Waals surface area contributed by atoms with Crippen molar-refractivity contribution in [2.75, 3.05) is 13.7 Å². The fourth-order valence-corrected chi connectivity index (χ4v) is 1.56. The molecule has 0 unspecified atom stereocenters. The second-order valence-corrected chi connectivity index (χ2v) is 3.58. The molecule has 2 nitrogen and oxygen atoms in total. The topological polar surface area (TPSA) is 25.8 Å². The molecule has 0 amide bonds. The maximum Gasteiger partial charge on any atom is 0.115 e. The maximum absolute atomic E-state index is 5.39. The Hall–Kier alpha value is -0.0800. The van der Waals surface area contributed by atoms with Gasteiger partial charge in [-0.05, 0) is 13.8 Å². The van der Waals surface area contributed by atoms with E-state index in [1.165, 1.54) is 19.4 Å². The maximum atomic E-state index is 5.39. The van der Waals surface area contributed by atoms with Crippen LogP contribution >= 0.6 is 0 Å². The van der Waals surface area contributed by atoms with E-state index in [9.17, 15) is 0 Å². The average Bonchev–Trinajstić information content (AvgIpc) is 2.38. The Bertz CT molecular complexity index is 106. The number of hydrogen-bond donors (Lipinski definition) is 1. The third kappa shape index (κ3) is 1.50. The van der Waals surface area contributed by atoms with Crippen molar-refractivity contribution in [1.82, 2.24) is 0 Å². The zero-order chi connectivity index (χ0) is 7.61. The predicted octanol–water partition coefficient (Wildman–Crippen LogP) is 0.137. The van der Waals surface area contributed by atoms with Crippen LogP contribution in [0.5, 0.6) is 0 Å². The Morgan fingerprint density at radius 1 is 1.50 bits per heavy atom. The molecular formula is C8H18NO+. The van der Waals surface area contributed by atoms with Crippen LogP contribution in [0, 0.1) is 0 Å². The van der Waals surface area contributed by atoms with Crippen molar-refractivity contribution in [3.63, 3.8) is 0 Å². The Kier molecular flexibility index (Phi) is 2.32. The van der Waals surface area contributed by atoms with Crippen molar-refractivity contribution < 1.29 is 10.1 Å². The highest BCUT2D eigenvalue weighted by atomic mass is 16.5. The van der Waals surface area contributed by atoms with Gasteiger partial charge in [-0.2, -0.15) is 0 Å². The van der Waals surface area contributed by atoms with Gasteiger partial charge in [0.25, 0.3) is 0 Å². The van der Waals surface area contributed by atoms with E-state index in [0.717, 1.165) is 0 Å². The molecule has 2 N–H and O–H groups in total. The first-order chi connectivity index (χ1) is 4.67. The third-order valence-electron chi connectivity index (χ3n) is 2.59. The van der Waals surface area contributed by atoms with E-state index in [0.29, 0.717) is 6.04 Å². The minimum absolute atomic E-state index is 0.0660. The molecule has 60 valence electrons. The van der Waals surface area contributed by atoms with Crippen molar-refractivity contribution in [2.24, 2.45) is 0 Å². The number of rotatable bonds is 2. The summed E-state index contributed by atoms with van der Waals surface area (Å²) < 4.78 is 5.39. The van der Waals surface area contributed by atoms with Gasteiger partial charge in [0.15, 0.2) is 0 Å². The molecule has 1 fully saturated rings. The van der Waals surface area contributed by atoms with E-state index in [1.54, 1.807) is 7.11 Å². The van der Waals surface area contributed by atoms with Gasteiger partial charge >= 0.3 is 0 Å². The van der Waals surface area contributed by atoms with Crippen LogP contribution in [-0.4, -0.2) is 25.3 Å². The van der Waals surface area contributed by atoms with Crippen LogP contribution in [0.15, 0.2) is 0 Å². The lowest BCUT2D eigenvalue weighted by molar-refractivity contribution is -0.683. The zero-order valence-electron chi connectivity index (χ0n) is 7.18. The van der Waals surface area contributed by atoms with Crippen molar-refractivity contribution in [1.29, 1.82) is 0 Å². The summed E-state index contributed by atoms with van der Waals surface area (Å²) in [6.45, 7) is 5.61. The van der Waals surface area contributed by atoms with E-state index >= 15 is 0 Å². The summed E-state index contributed by atoms with van der Waals surface area (Å²) in [5, 5.41) is 2.39. The van der Waals surface area contributed by atoms with Crippen molar-refractivity contribution in [3.8, 4) is 0 Å². The zero-order valence-corrected chi connectivity index (χ0v) is 7.18. The van der Waals surface area contributed by atoms with Crippen LogP contribution in [0.1, 0.15) is 26.7 Å². The fourth-order valence-electron chi connectivity index (χ4n) is 1.56. The SMILES string of the molecule is COC(C)(C)[C@@H]1CCC[NH2+]1. The highest BCUT2D eigenvalue weighted by Crippen LogP contribution is 2.16. The van der Waals surface area contributed by atoms with Gasteiger partial charge < -0.3 is 10.1 Å². The monoisotopic (exact) mass is 144 g/mol. The summed E-state index contributed by atoms with van der Waals surface area (Å²) in [5.41, 5.74) is 0.0660. The van der Waals surface area contributed by atoms with E-state index < -0.39 is 0 Å². The lowest BCUT2D eigenvalue weighted by Gasteiger charge is -2.26. The summed E-state index contributed by atoms with van der Waals surface area (Å²) in [7, 11) is 1.80. The first-order valence-electron chi connectivity index (χ1n) is 4.05. The molecule has 1 heterocycles. The van der Waals surface area contributed by atoms with Gasteiger partial charge in [0.05, 0.1) is 6.54 Å². The molecule has 0 radical (unpaired) electrons. The standard InChI is InChI=1S/C8H17NO/c1-8(2,10-3)7-5-4-6-9-7/h7,9H,4-6H2,1-3H3/p+1/t7-/m0/s1. The van der Waals surface area contributed by atoms with Gasteiger partial charge in [0.1, 0.15) is 11.6 Å². The quantitative estimate of drug-likeness (QED) is 0.586. The normalized spacial score (nSPS) is 27.3. The van der Waals surface area contributed by atoms with Crippen LogP contribution < -0.4 is 5.32 Å². The molecule has 0 aromatic heterocycles. The highest BCUT2D eigenvalue weighted by Gasteiger charge is 2.34. The molecule has 0 aromatic rings. The van der Waals surface area contributed by atoms with Crippen molar-refractivity contribution in [3.05, 3.63) is 0 Å². The molecule has 1 aliphatic rings. The Morgan fingerprint density at radius 2 is 2.20 bits per heavy atom. The van der Waals surface area contributed by atoms with Crippen molar-refractivity contribution >= 4 is 0 Å². The summed E-state index contributed by atoms with van der Waals surface area (Å²) in [6.07, 6.45) is 2.65. The van der Waals surface area contributed by atoms with Crippen molar-refractivity contribution in [2.45, 2.75) is 38.3 Å². The van der Waals surface area contributed by atoms with Crippen LogP contribution in [0.4, 0.5) is 0 Å². The first-order valence-corrected chi connectivity index (χ1v) is 4.05. The molecule has 1 rings (SSSR count). The highest BCUT2D eigenvalue weighted by molar-refractivity contribution is 4.79.